The van der Waals surface area contributed by atoms with Crippen LogP contribution in [0.2, 0.25) is 0 Å². The van der Waals surface area contributed by atoms with Gasteiger partial charge in [0.05, 0.1) is 18.1 Å². The third-order valence-corrected chi connectivity index (χ3v) is 6.57. The van der Waals surface area contributed by atoms with Gasteiger partial charge in [-0.05, 0) is 48.1 Å². The topological polar surface area (TPSA) is 69.1 Å². The number of nitrogens with two attached hydrogens (primary N) is 1. The molecule has 32 heavy (non-hydrogen) atoms. The van der Waals surface area contributed by atoms with Crippen molar-refractivity contribution in [2.24, 2.45) is 5.73 Å². The van der Waals surface area contributed by atoms with E-state index >= 15 is 0 Å². The Morgan fingerprint density at radius 3 is 2.25 bits per heavy atom. The summed E-state index contributed by atoms with van der Waals surface area (Å²) in [4.78, 5) is 9.06. The molecule has 5 aromatic rings. The van der Waals surface area contributed by atoms with Gasteiger partial charge in [0.25, 0.3) is 0 Å². The lowest BCUT2D eigenvalue weighted by atomic mass is 9.72. The van der Waals surface area contributed by atoms with Gasteiger partial charge in [0, 0.05) is 34.6 Å². The van der Waals surface area contributed by atoms with E-state index in [2.05, 4.69) is 41.4 Å². The molecule has 0 spiro atoms. The van der Waals surface area contributed by atoms with E-state index in [9.17, 15) is 0 Å². The van der Waals surface area contributed by atoms with Gasteiger partial charge < -0.3 is 5.73 Å². The SMILES string of the molecule is NC1(c2ccc(-c3c(-c4ccccc4)cnn4c(-c5cccnc5)cnc34)cc2)CCC1. The van der Waals surface area contributed by atoms with Gasteiger partial charge in [-0.15, -0.1) is 0 Å². The number of aromatic nitrogens is 4. The lowest BCUT2D eigenvalue weighted by molar-refractivity contribution is 0.253. The highest BCUT2D eigenvalue weighted by atomic mass is 15.3. The maximum atomic E-state index is 6.56. The Labute approximate surface area is 186 Å². The van der Waals surface area contributed by atoms with Crippen LogP contribution < -0.4 is 5.73 Å². The lowest BCUT2D eigenvalue weighted by Crippen LogP contribution is -2.43. The van der Waals surface area contributed by atoms with E-state index in [-0.39, 0.29) is 5.54 Å². The molecule has 1 fully saturated rings. The van der Waals surface area contributed by atoms with Crippen molar-refractivity contribution >= 4 is 5.65 Å². The smallest absolute Gasteiger partial charge is 0.162 e. The van der Waals surface area contributed by atoms with Crippen LogP contribution in [0.4, 0.5) is 0 Å². The number of pyridine rings is 1. The fourth-order valence-electron chi connectivity index (χ4n) is 4.58. The van der Waals surface area contributed by atoms with Crippen LogP contribution in [0.15, 0.2) is 91.5 Å². The molecule has 0 unspecified atom stereocenters. The van der Waals surface area contributed by atoms with Crippen LogP contribution >= 0.6 is 0 Å². The van der Waals surface area contributed by atoms with E-state index < -0.39 is 0 Å². The van der Waals surface area contributed by atoms with Crippen molar-refractivity contribution in [2.75, 3.05) is 0 Å². The summed E-state index contributed by atoms with van der Waals surface area (Å²) in [5, 5.41) is 4.77. The first-order chi connectivity index (χ1) is 15.7. The summed E-state index contributed by atoms with van der Waals surface area (Å²) < 4.78 is 1.91. The Bertz CT molecular complexity index is 1390. The summed E-state index contributed by atoms with van der Waals surface area (Å²) >= 11 is 0. The third kappa shape index (κ3) is 3.01. The van der Waals surface area contributed by atoms with Gasteiger partial charge in [0.15, 0.2) is 5.65 Å². The maximum absolute atomic E-state index is 6.56. The number of hydrogen-bond acceptors (Lipinski definition) is 4. The first-order valence-corrected chi connectivity index (χ1v) is 11.0. The Balaban J connectivity index is 1.56. The molecule has 0 aliphatic heterocycles. The third-order valence-electron chi connectivity index (χ3n) is 6.57. The van der Waals surface area contributed by atoms with E-state index in [1.807, 2.05) is 53.4 Å². The van der Waals surface area contributed by atoms with Gasteiger partial charge in [0.2, 0.25) is 0 Å². The Morgan fingerprint density at radius 2 is 1.56 bits per heavy atom. The van der Waals surface area contributed by atoms with Crippen LogP contribution in [-0.4, -0.2) is 19.6 Å². The molecule has 3 heterocycles. The molecular formula is C27H23N5. The van der Waals surface area contributed by atoms with Crippen LogP contribution in [0.3, 0.4) is 0 Å². The Morgan fingerprint density at radius 1 is 0.781 bits per heavy atom. The van der Waals surface area contributed by atoms with Gasteiger partial charge in [-0.2, -0.15) is 5.10 Å². The number of hydrogen-bond donors (Lipinski definition) is 1. The molecule has 5 nitrogen and oxygen atoms in total. The summed E-state index contributed by atoms with van der Waals surface area (Å²) in [5.74, 6) is 0. The van der Waals surface area contributed by atoms with E-state index in [1.54, 1.807) is 6.20 Å². The largest absolute Gasteiger partial charge is 0.321 e. The Hall–Kier alpha value is -3.83. The summed E-state index contributed by atoms with van der Waals surface area (Å²) in [7, 11) is 0. The summed E-state index contributed by atoms with van der Waals surface area (Å²) in [6, 6.07) is 23.0. The van der Waals surface area contributed by atoms with E-state index in [4.69, 9.17) is 15.8 Å². The monoisotopic (exact) mass is 417 g/mol. The number of benzene rings is 2. The van der Waals surface area contributed by atoms with Gasteiger partial charge >= 0.3 is 0 Å². The van der Waals surface area contributed by atoms with Crippen molar-refractivity contribution in [3.8, 4) is 33.5 Å². The number of nitrogens with zero attached hydrogens (tertiary/aromatic N) is 4. The fraction of sp³-hybridized carbons (Fsp3) is 0.148. The second kappa shape index (κ2) is 7.39. The van der Waals surface area contributed by atoms with Gasteiger partial charge in [-0.3, -0.25) is 4.98 Å². The molecule has 1 aliphatic carbocycles. The second-order valence-corrected chi connectivity index (χ2v) is 8.51. The van der Waals surface area contributed by atoms with E-state index in [0.717, 1.165) is 52.0 Å². The van der Waals surface area contributed by atoms with Crippen LogP contribution in [0.1, 0.15) is 24.8 Å². The van der Waals surface area contributed by atoms with Crippen molar-refractivity contribution < 1.29 is 0 Å². The van der Waals surface area contributed by atoms with Gasteiger partial charge in [-0.1, -0.05) is 54.6 Å². The summed E-state index contributed by atoms with van der Waals surface area (Å²) in [6.07, 6.45) is 10.7. The highest BCUT2D eigenvalue weighted by Gasteiger charge is 2.34. The minimum absolute atomic E-state index is 0.171. The number of rotatable bonds is 4. The van der Waals surface area contributed by atoms with Gasteiger partial charge in [-0.25, -0.2) is 9.50 Å². The molecule has 0 atom stereocenters. The second-order valence-electron chi connectivity index (χ2n) is 8.51. The molecule has 156 valence electrons. The molecule has 0 bridgehead atoms. The predicted octanol–water partition coefficient (Wildman–Crippen LogP) is 5.46. The molecule has 1 saturated carbocycles. The zero-order valence-electron chi connectivity index (χ0n) is 17.6. The molecule has 1 aliphatic rings. The highest BCUT2D eigenvalue weighted by Crippen LogP contribution is 2.41. The fourth-order valence-corrected chi connectivity index (χ4v) is 4.58. The molecule has 6 rings (SSSR count). The predicted molar refractivity (Wildman–Crippen MR) is 127 cm³/mol. The highest BCUT2D eigenvalue weighted by molar-refractivity contribution is 5.92. The first-order valence-electron chi connectivity index (χ1n) is 11.0. The van der Waals surface area contributed by atoms with Crippen molar-refractivity contribution in [3.05, 3.63) is 97.1 Å². The molecule has 3 aromatic heterocycles. The average molecular weight is 418 g/mol. The Kier molecular flexibility index (Phi) is 4.37. The van der Waals surface area contributed by atoms with Gasteiger partial charge in [0.1, 0.15) is 0 Å². The first kappa shape index (κ1) is 18.9. The minimum Gasteiger partial charge on any atom is -0.321 e. The molecule has 0 saturated heterocycles. The zero-order chi connectivity index (χ0) is 21.5. The van der Waals surface area contributed by atoms with E-state index in [1.165, 1.54) is 12.0 Å². The molecule has 2 aromatic carbocycles. The standard InChI is InChI=1S/C27H23N5/c28-27(13-5-14-27)22-11-9-20(10-12-22)25-23(19-6-2-1-3-7-19)17-31-32-24(18-30-26(25)32)21-8-4-15-29-16-21/h1-4,6-12,15-18H,5,13-14,28H2. The normalized spacial score (nSPS) is 14.9. The van der Waals surface area contributed by atoms with Crippen molar-refractivity contribution in [3.63, 3.8) is 0 Å². The number of fused-ring (bicyclic) bond motifs is 1. The zero-order valence-corrected chi connectivity index (χ0v) is 17.6. The molecule has 0 amide bonds. The van der Waals surface area contributed by atoms with E-state index in [0.29, 0.717) is 0 Å². The maximum Gasteiger partial charge on any atom is 0.162 e. The molecular weight excluding hydrogens is 394 g/mol. The lowest BCUT2D eigenvalue weighted by Gasteiger charge is -2.38. The quantitative estimate of drug-likeness (QED) is 0.421. The average Bonchev–Trinajstić information content (AvgIpc) is 3.27. The summed E-state index contributed by atoms with van der Waals surface area (Å²) in [6.45, 7) is 0. The number of imidazole rings is 1. The van der Waals surface area contributed by atoms with Crippen LogP contribution in [-0.2, 0) is 5.54 Å². The van der Waals surface area contributed by atoms with Crippen molar-refractivity contribution in [1.82, 2.24) is 19.6 Å². The molecule has 0 radical (unpaired) electrons. The van der Waals surface area contributed by atoms with Crippen molar-refractivity contribution in [1.29, 1.82) is 0 Å². The van der Waals surface area contributed by atoms with Crippen LogP contribution in [0.5, 0.6) is 0 Å². The molecule has 5 heteroatoms. The van der Waals surface area contributed by atoms with Crippen molar-refractivity contribution in [2.45, 2.75) is 24.8 Å². The van der Waals surface area contributed by atoms with Crippen LogP contribution in [0, 0.1) is 0 Å². The molecule has 2 N–H and O–H groups in total. The summed E-state index contributed by atoms with van der Waals surface area (Å²) in [5.41, 5.74) is 14.7. The minimum atomic E-state index is -0.171. The van der Waals surface area contributed by atoms with Crippen LogP contribution in [0.25, 0.3) is 39.2 Å².